The molecule has 26 heavy (non-hydrogen) atoms. The van der Waals surface area contributed by atoms with Crippen LogP contribution in [-0.4, -0.2) is 48.7 Å². The predicted molar refractivity (Wildman–Crippen MR) is 99.2 cm³/mol. The maximum absolute atomic E-state index is 12.2. The van der Waals surface area contributed by atoms with Gasteiger partial charge in [-0.25, -0.2) is 4.79 Å². The van der Waals surface area contributed by atoms with E-state index in [0.717, 1.165) is 12.0 Å². The third-order valence-electron chi connectivity index (χ3n) is 3.92. The first-order valence-electron chi connectivity index (χ1n) is 8.94. The number of esters is 1. The molecule has 1 aliphatic heterocycles. The highest BCUT2D eigenvalue weighted by Crippen LogP contribution is 2.30. The first kappa shape index (κ1) is 19.8. The molecule has 1 amide bonds. The number of ether oxygens (including phenoxy) is 3. The molecular weight excluding hydrogens is 334 g/mol. The smallest absolute Gasteiger partial charge is 0.331 e. The molecule has 0 saturated heterocycles. The first-order chi connectivity index (χ1) is 12.4. The number of hydrogen-bond acceptors (Lipinski definition) is 5. The standard InChI is InChI=1S/C20H27NO5/c1-14(2)21(15(3)4)19(22)13-26-20(23)9-7-16-6-8-17-18(12-16)25-11-5-10-24-17/h6-9,12,14-15H,5,10-11,13H2,1-4H3/b9-7+. The fraction of sp³-hybridized carbons (Fsp3) is 0.500. The molecule has 0 aromatic heterocycles. The molecule has 1 aromatic rings. The average molecular weight is 361 g/mol. The Labute approximate surface area is 154 Å². The predicted octanol–water partition coefficient (Wildman–Crippen LogP) is 3.05. The minimum Gasteiger partial charge on any atom is -0.490 e. The van der Waals surface area contributed by atoms with E-state index >= 15 is 0 Å². The fourth-order valence-corrected chi connectivity index (χ4v) is 2.88. The quantitative estimate of drug-likeness (QED) is 0.576. The zero-order chi connectivity index (χ0) is 19.1. The van der Waals surface area contributed by atoms with Crippen LogP contribution in [0.1, 0.15) is 39.7 Å². The molecule has 0 N–H and O–H groups in total. The number of carbonyl (C=O) groups is 2. The number of benzene rings is 1. The summed E-state index contributed by atoms with van der Waals surface area (Å²) in [6.07, 6.45) is 3.77. The van der Waals surface area contributed by atoms with Crippen molar-refractivity contribution in [1.29, 1.82) is 0 Å². The summed E-state index contributed by atoms with van der Waals surface area (Å²) in [5.74, 6) is 0.609. The Kier molecular flexibility index (Phi) is 7.06. The van der Waals surface area contributed by atoms with Gasteiger partial charge in [0.1, 0.15) is 0 Å². The lowest BCUT2D eigenvalue weighted by atomic mass is 10.2. The molecule has 142 valence electrons. The van der Waals surface area contributed by atoms with Gasteiger partial charge in [-0.15, -0.1) is 0 Å². The van der Waals surface area contributed by atoms with Crippen LogP contribution in [0.25, 0.3) is 6.08 Å². The SMILES string of the molecule is CC(C)N(C(=O)COC(=O)/C=C/c1ccc2c(c1)OCCCO2)C(C)C. The van der Waals surface area contributed by atoms with Gasteiger partial charge in [-0.1, -0.05) is 6.07 Å². The zero-order valence-electron chi connectivity index (χ0n) is 15.9. The lowest BCUT2D eigenvalue weighted by Crippen LogP contribution is -2.44. The Morgan fingerprint density at radius 2 is 1.77 bits per heavy atom. The number of rotatable bonds is 6. The van der Waals surface area contributed by atoms with Crippen molar-refractivity contribution in [2.45, 2.75) is 46.2 Å². The van der Waals surface area contributed by atoms with Gasteiger partial charge in [-0.05, 0) is 51.5 Å². The van der Waals surface area contributed by atoms with Gasteiger partial charge < -0.3 is 19.1 Å². The Morgan fingerprint density at radius 1 is 1.12 bits per heavy atom. The Bertz CT molecular complexity index is 658. The molecule has 1 aliphatic rings. The molecule has 0 aliphatic carbocycles. The van der Waals surface area contributed by atoms with Crippen molar-refractivity contribution in [2.24, 2.45) is 0 Å². The van der Waals surface area contributed by atoms with Crippen LogP contribution < -0.4 is 9.47 Å². The topological polar surface area (TPSA) is 65.1 Å². The lowest BCUT2D eigenvalue weighted by molar-refractivity contribution is -0.150. The van der Waals surface area contributed by atoms with E-state index in [2.05, 4.69) is 0 Å². The molecule has 0 saturated carbocycles. The van der Waals surface area contributed by atoms with E-state index in [-0.39, 0.29) is 24.6 Å². The van der Waals surface area contributed by atoms with Crippen molar-refractivity contribution in [3.63, 3.8) is 0 Å². The van der Waals surface area contributed by atoms with Crippen molar-refractivity contribution < 1.29 is 23.8 Å². The van der Waals surface area contributed by atoms with Crippen LogP contribution in [-0.2, 0) is 14.3 Å². The van der Waals surface area contributed by atoms with Crippen molar-refractivity contribution in [2.75, 3.05) is 19.8 Å². The molecule has 6 nitrogen and oxygen atoms in total. The molecule has 0 radical (unpaired) electrons. The number of fused-ring (bicyclic) bond motifs is 1. The lowest BCUT2D eigenvalue weighted by Gasteiger charge is -2.30. The van der Waals surface area contributed by atoms with E-state index in [4.69, 9.17) is 14.2 Å². The fourth-order valence-electron chi connectivity index (χ4n) is 2.88. The molecule has 0 unspecified atom stereocenters. The number of hydrogen-bond donors (Lipinski definition) is 0. The number of nitrogens with zero attached hydrogens (tertiary/aromatic N) is 1. The Morgan fingerprint density at radius 3 is 2.42 bits per heavy atom. The molecule has 0 atom stereocenters. The van der Waals surface area contributed by atoms with E-state index in [9.17, 15) is 9.59 Å². The highest BCUT2D eigenvalue weighted by atomic mass is 16.5. The summed E-state index contributed by atoms with van der Waals surface area (Å²) < 4.78 is 16.3. The van der Waals surface area contributed by atoms with Crippen LogP contribution in [0.2, 0.25) is 0 Å². The van der Waals surface area contributed by atoms with Gasteiger partial charge in [0.05, 0.1) is 13.2 Å². The van der Waals surface area contributed by atoms with Crippen LogP contribution in [0.4, 0.5) is 0 Å². The second-order valence-electron chi connectivity index (χ2n) is 6.69. The van der Waals surface area contributed by atoms with Gasteiger partial charge in [0, 0.05) is 24.6 Å². The summed E-state index contributed by atoms with van der Waals surface area (Å²) in [6, 6.07) is 5.58. The van der Waals surface area contributed by atoms with E-state index in [1.165, 1.54) is 6.08 Å². The summed E-state index contributed by atoms with van der Waals surface area (Å²) in [7, 11) is 0. The van der Waals surface area contributed by atoms with Crippen molar-refractivity contribution in [3.8, 4) is 11.5 Å². The summed E-state index contributed by atoms with van der Waals surface area (Å²) in [5.41, 5.74) is 0.795. The summed E-state index contributed by atoms with van der Waals surface area (Å²) in [5, 5.41) is 0. The van der Waals surface area contributed by atoms with E-state index in [1.54, 1.807) is 11.0 Å². The van der Waals surface area contributed by atoms with Gasteiger partial charge in [-0.3, -0.25) is 4.79 Å². The maximum Gasteiger partial charge on any atom is 0.331 e. The van der Waals surface area contributed by atoms with Crippen LogP contribution in [0.15, 0.2) is 24.3 Å². The minimum absolute atomic E-state index is 0.0542. The van der Waals surface area contributed by atoms with Crippen LogP contribution in [0.3, 0.4) is 0 Å². The molecule has 0 fully saturated rings. The van der Waals surface area contributed by atoms with Crippen molar-refractivity contribution >= 4 is 18.0 Å². The number of carbonyl (C=O) groups excluding carboxylic acids is 2. The normalized spacial score (nSPS) is 13.8. The molecular formula is C20H27NO5. The molecule has 0 spiro atoms. The summed E-state index contributed by atoms with van der Waals surface area (Å²) in [6.45, 7) is 8.71. The van der Waals surface area contributed by atoms with Crippen molar-refractivity contribution in [3.05, 3.63) is 29.8 Å². The second kappa shape index (κ2) is 9.27. The monoisotopic (exact) mass is 361 g/mol. The third-order valence-corrected chi connectivity index (χ3v) is 3.92. The molecule has 2 rings (SSSR count). The van der Waals surface area contributed by atoms with Crippen LogP contribution in [0.5, 0.6) is 11.5 Å². The van der Waals surface area contributed by atoms with Gasteiger partial charge in [0.15, 0.2) is 18.1 Å². The highest BCUT2D eigenvalue weighted by Gasteiger charge is 2.20. The third kappa shape index (κ3) is 5.51. The highest BCUT2D eigenvalue weighted by molar-refractivity contribution is 5.89. The molecule has 1 aromatic carbocycles. The zero-order valence-corrected chi connectivity index (χ0v) is 15.9. The van der Waals surface area contributed by atoms with Gasteiger partial charge in [-0.2, -0.15) is 0 Å². The Hall–Kier alpha value is -2.50. The van der Waals surface area contributed by atoms with E-state index in [1.807, 2.05) is 45.9 Å². The molecule has 1 heterocycles. The summed E-state index contributed by atoms with van der Waals surface area (Å²) >= 11 is 0. The molecule has 0 bridgehead atoms. The number of amides is 1. The van der Waals surface area contributed by atoms with Gasteiger partial charge in [0.25, 0.3) is 5.91 Å². The largest absolute Gasteiger partial charge is 0.490 e. The molecule has 6 heteroatoms. The van der Waals surface area contributed by atoms with E-state index in [0.29, 0.717) is 24.7 Å². The second-order valence-corrected chi connectivity index (χ2v) is 6.69. The first-order valence-corrected chi connectivity index (χ1v) is 8.94. The van der Waals surface area contributed by atoms with Crippen LogP contribution in [0, 0.1) is 0 Å². The average Bonchev–Trinajstić information content (AvgIpc) is 2.82. The van der Waals surface area contributed by atoms with Crippen LogP contribution >= 0.6 is 0 Å². The maximum atomic E-state index is 12.2. The van der Waals surface area contributed by atoms with Gasteiger partial charge >= 0.3 is 5.97 Å². The summed E-state index contributed by atoms with van der Waals surface area (Å²) in [4.78, 5) is 25.8. The minimum atomic E-state index is -0.557. The van der Waals surface area contributed by atoms with E-state index < -0.39 is 5.97 Å². The van der Waals surface area contributed by atoms with Crippen molar-refractivity contribution in [1.82, 2.24) is 4.90 Å². The van der Waals surface area contributed by atoms with Gasteiger partial charge in [0.2, 0.25) is 0 Å². The Balaban J connectivity index is 1.91.